The van der Waals surface area contributed by atoms with Gasteiger partial charge in [0.15, 0.2) is 0 Å². The molecule has 0 saturated heterocycles. The van der Waals surface area contributed by atoms with Crippen LogP contribution in [-0.2, 0) is 0 Å². The summed E-state index contributed by atoms with van der Waals surface area (Å²) in [6, 6.07) is 0.681. The van der Waals surface area contributed by atoms with E-state index in [9.17, 15) is 0 Å². The fourth-order valence-corrected chi connectivity index (χ4v) is 1.56. The fraction of sp³-hybridized carbons (Fsp3) is 1.00. The molecule has 0 bridgehead atoms. The molecule has 0 radical (unpaired) electrons. The summed E-state index contributed by atoms with van der Waals surface area (Å²) in [5.74, 6) is 1.23. The van der Waals surface area contributed by atoms with Crippen LogP contribution in [0.15, 0.2) is 0 Å². The molecule has 74 valence electrons. The minimum Gasteiger partial charge on any atom is -0.330 e. The molecule has 1 atom stereocenters. The average molecular weight is 190 g/mol. The second-order valence-electron chi connectivity index (χ2n) is 3.25. The van der Waals surface area contributed by atoms with Crippen molar-refractivity contribution in [2.75, 3.05) is 32.1 Å². The Morgan fingerprint density at radius 1 is 1.50 bits per heavy atom. The van der Waals surface area contributed by atoms with Crippen molar-refractivity contribution in [3.63, 3.8) is 0 Å². The normalized spacial score (nSPS) is 13.8. The number of nitrogens with two attached hydrogens (primary N) is 1. The van der Waals surface area contributed by atoms with Crippen LogP contribution in [0, 0.1) is 0 Å². The molecule has 0 aliphatic heterocycles. The number of nitrogens with zero attached hydrogens (tertiary/aromatic N) is 1. The summed E-state index contributed by atoms with van der Waals surface area (Å²) in [7, 11) is 2.19. The highest BCUT2D eigenvalue weighted by molar-refractivity contribution is 7.98. The van der Waals surface area contributed by atoms with Crippen molar-refractivity contribution < 1.29 is 0 Å². The molecule has 0 rings (SSSR count). The van der Waals surface area contributed by atoms with Crippen LogP contribution in [0.2, 0.25) is 0 Å². The molecule has 0 heterocycles. The van der Waals surface area contributed by atoms with E-state index in [0.717, 1.165) is 13.0 Å². The Balaban J connectivity index is 3.39. The molecular formula is C9H22N2S. The van der Waals surface area contributed by atoms with Crippen LogP contribution >= 0.6 is 11.8 Å². The van der Waals surface area contributed by atoms with Crippen LogP contribution in [-0.4, -0.2) is 43.1 Å². The van der Waals surface area contributed by atoms with Crippen LogP contribution < -0.4 is 5.73 Å². The molecule has 0 spiro atoms. The molecule has 0 aromatic heterocycles. The maximum absolute atomic E-state index is 5.45. The molecular weight excluding hydrogens is 168 g/mol. The third-order valence-electron chi connectivity index (χ3n) is 2.23. The summed E-state index contributed by atoms with van der Waals surface area (Å²) in [4.78, 5) is 2.41. The van der Waals surface area contributed by atoms with Crippen molar-refractivity contribution in [1.82, 2.24) is 4.90 Å². The monoisotopic (exact) mass is 190 g/mol. The van der Waals surface area contributed by atoms with Crippen molar-refractivity contribution in [3.05, 3.63) is 0 Å². The van der Waals surface area contributed by atoms with Crippen molar-refractivity contribution >= 4 is 11.8 Å². The number of hydrogen-bond acceptors (Lipinski definition) is 3. The number of rotatable bonds is 7. The van der Waals surface area contributed by atoms with Crippen LogP contribution in [0.5, 0.6) is 0 Å². The first-order valence-corrected chi connectivity index (χ1v) is 6.01. The van der Waals surface area contributed by atoms with Gasteiger partial charge in [-0.2, -0.15) is 11.8 Å². The second kappa shape index (κ2) is 7.90. The first-order chi connectivity index (χ1) is 5.72. The van der Waals surface area contributed by atoms with Crippen LogP contribution in [0.3, 0.4) is 0 Å². The lowest BCUT2D eigenvalue weighted by Crippen LogP contribution is -2.31. The van der Waals surface area contributed by atoms with Crippen molar-refractivity contribution in [1.29, 1.82) is 0 Å². The van der Waals surface area contributed by atoms with Gasteiger partial charge in [0.05, 0.1) is 0 Å². The third kappa shape index (κ3) is 5.86. The van der Waals surface area contributed by atoms with Gasteiger partial charge in [0, 0.05) is 18.3 Å². The van der Waals surface area contributed by atoms with Crippen LogP contribution in [0.25, 0.3) is 0 Å². The average Bonchev–Trinajstić information content (AvgIpc) is 2.10. The molecule has 0 aromatic carbocycles. The van der Waals surface area contributed by atoms with Crippen molar-refractivity contribution in [3.8, 4) is 0 Å². The Morgan fingerprint density at radius 3 is 2.67 bits per heavy atom. The summed E-state index contributed by atoms with van der Waals surface area (Å²) >= 11 is 1.90. The molecule has 0 aliphatic carbocycles. The maximum atomic E-state index is 5.45. The van der Waals surface area contributed by atoms with Gasteiger partial charge in [-0.3, -0.25) is 0 Å². The Morgan fingerprint density at radius 2 is 2.17 bits per heavy atom. The van der Waals surface area contributed by atoms with E-state index in [1.165, 1.54) is 18.7 Å². The standard InChI is InChI=1S/C9H22N2S/c1-9(5-4-6-10)11(2)7-8-12-3/h9H,4-8,10H2,1-3H3. The molecule has 0 aliphatic rings. The van der Waals surface area contributed by atoms with Crippen molar-refractivity contribution in [2.45, 2.75) is 25.8 Å². The summed E-state index contributed by atoms with van der Waals surface area (Å²) in [6.07, 6.45) is 4.52. The van der Waals surface area contributed by atoms with Gasteiger partial charge in [0.1, 0.15) is 0 Å². The van der Waals surface area contributed by atoms with E-state index in [1.54, 1.807) is 0 Å². The number of hydrogen-bond donors (Lipinski definition) is 1. The maximum Gasteiger partial charge on any atom is 0.00720 e. The first kappa shape index (κ1) is 12.3. The highest BCUT2D eigenvalue weighted by atomic mass is 32.2. The third-order valence-corrected chi connectivity index (χ3v) is 2.82. The molecule has 12 heavy (non-hydrogen) atoms. The minimum absolute atomic E-state index is 0.681. The largest absolute Gasteiger partial charge is 0.330 e. The molecule has 0 saturated carbocycles. The predicted molar refractivity (Wildman–Crippen MR) is 58.8 cm³/mol. The van der Waals surface area contributed by atoms with Gasteiger partial charge in [-0.1, -0.05) is 0 Å². The van der Waals surface area contributed by atoms with Crippen LogP contribution in [0.1, 0.15) is 19.8 Å². The second-order valence-corrected chi connectivity index (χ2v) is 4.24. The van der Waals surface area contributed by atoms with Gasteiger partial charge >= 0.3 is 0 Å². The molecule has 2 N–H and O–H groups in total. The summed E-state index contributed by atoms with van der Waals surface area (Å²) in [5, 5.41) is 0. The van der Waals surface area contributed by atoms with Gasteiger partial charge in [-0.25, -0.2) is 0 Å². The lowest BCUT2D eigenvalue weighted by atomic mass is 10.1. The Labute approximate surface area is 80.9 Å². The smallest absolute Gasteiger partial charge is 0.00720 e. The number of thioether (sulfide) groups is 1. The van der Waals surface area contributed by atoms with Gasteiger partial charge in [-0.05, 0) is 39.6 Å². The van der Waals surface area contributed by atoms with E-state index in [1.807, 2.05) is 11.8 Å². The summed E-state index contributed by atoms with van der Waals surface area (Å²) in [5.41, 5.74) is 5.45. The van der Waals surface area contributed by atoms with E-state index >= 15 is 0 Å². The van der Waals surface area contributed by atoms with E-state index in [0.29, 0.717) is 6.04 Å². The van der Waals surface area contributed by atoms with Gasteiger partial charge in [-0.15, -0.1) is 0 Å². The summed E-state index contributed by atoms with van der Waals surface area (Å²) < 4.78 is 0. The van der Waals surface area contributed by atoms with Crippen LogP contribution in [0.4, 0.5) is 0 Å². The van der Waals surface area contributed by atoms with E-state index in [2.05, 4.69) is 25.1 Å². The molecule has 0 aromatic rings. The molecule has 3 heteroatoms. The molecule has 1 unspecified atom stereocenters. The zero-order valence-corrected chi connectivity index (χ0v) is 9.36. The summed E-state index contributed by atoms with van der Waals surface area (Å²) in [6.45, 7) is 4.28. The highest BCUT2D eigenvalue weighted by Crippen LogP contribution is 2.04. The predicted octanol–water partition coefficient (Wildman–Crippen LogP) is 1.41. The van der Waals surface area contributed by atoms with Gasteiger partial charge < -0.3 is 10.6 Å². The lowest BCUT2D eigenvalue weighted by Gasteiger charge is -2.23. The molecule has 0 fully saturated rings. The fourth-order valence-electron chi connectivity index (χ4n) is 1.09. The highest BCUT2D eigenvalue weighted by Gasteiger charge is 2.06. The van der Waals surface area contributed by atoms with Gasteiger partial charge in [0.25, 0.3) is 0 Å². The molecule has 0 amide bonds. The van der Waals surface area contributed by atoms with E-state index < -0.39 is 0 Å². The van der Waals surface area contributed by atoms with E-state index in [-0.39, 0.29) is 0 Å². The lowest BCUT2D eigenvalue weighted by molar-refractivity contribution is 0.258. The first-order valence-electron chi connectivity index (χ1n) is 4.61. The van der Waals surface area contributed by atoms with E-state index in [4.69, 9.17) is 5.73 Å². The topological polar surface area (TPSA) is 29.3 Å². The zero-order valence-electron chi connectivity index (χ0n) is 8.55. The minimum atomic E-state index is 0.681. The SMILES string of the molecule is CSCCN(C)C(C)CCCN. The Bertz CT molecular complexity index is 86.5. The zero-order chi connectivity index (χ0) is 9.40. The Hall–Kier alpha value is 0.270. The Kier molecular flexibility index (Phi) is 8.07. The van der Waals surface area contributed by atoms with Gasteiger partial charge in [0.2, 0.25) is 0 Å². The van der Waals surface area contributed by atoms with Crippen molar-refractivity contribution in [2.24, 2.45) is 5.73 Å². The molecule has 2 nitrogen and oxygen atoms in total. The quantitative estimate of drug-likeness (QED) is 0.658.